The van der Waals surface area contributed by atoms with Crippen LogP contribution in [0.5, 0.6) is 0 Å². The van der Waals surface area contributed by atoms with E-state index >= 15 is 0 Å². The van der Waals surface area contributed by atoms with Crippen molar-refractivity contribution < 1.29 is 9.59 Å². The number of carbonyl (C=O) groups excluding carboxylic acids is 2. The number of Topliss-reactive ketones (excluding diaryl/α,β-unsaturated/α-hetero) is 1. The first kappa shape index (κ1) is 24.9. The van der Waals surface area contributed by atoms with Crippen LogP contribution in [-0.4, -0.2) is 75.8 Å². The Morgan fingerprint density at radius 1 is 1.06 bits per heavy atom. The van der Waals surface area contributed by atoms with E-state index in [4.69, 9.17) is 0 Å². The molecule has 1 spiro atoms. The SMILES string of the molecule is Cc1cnc(CC(=O)CN2CC3(CCC(c4ccccc4)(N(C)C)CC3)N(CC3CCC3)C2=O)cn1. The minimum absolute atomic E-state index is 0.0184. The summed E-state index contributed by atoms with van der Waals surface area (Å²) in [6.45, 7) is 3.49. The molecule has 3 aliphatic rings. The van der Waals surface area contributed by atoms with Crippen molar-refractivity contribution in [1.29, 1.82) is 0 Å². The molecule has 5 rings (SSSR count). The average molecular weight is 490 g/mol. The predicted octanol–water partition coefficient (Wildman–Crippen LogP) is 4.20. The monoisotopic (exact) mass is 489 g/mol. The smallest absolute Gasteiger partial charge is 0.317 e. The molecular formula is C29H39N5O2. The molecule has 0 N–H and O–H groups in total. The lowest BCUT2D eigenvalue weighted by molar-refractivity contribution is -0.119. The van der Waals surface area contributed by atoms with Gasteiger partial charge in [-0.15, -0.1) is 0 Å². The molecule has 7 heteroatoms. The van der Waals surface area contributed by atoms with Crippen LogP contribution in [0.25, 0.3) is 0 Å². The van der Waals surface area contributed by atoms with E-state index in [1.807, 2.05) is 11.8 Å². The van der Waals surface area contributed by atoms with Gasteiger partial charge in [-0.05, 0) is 71.0 Å². The first-order valence-corrected chi connectivity index (χ1v) is 13.4. The zero-order valence-corrected chi connectivity index (χ0v) is 21.9. The van der Waals surface area contributed by atoms with Gasteiger partial charge in [-0.1, -0.05) is 36.8 Å². The molecule has 0 radical (unpaired) electrons. The van der Waals surface area contributed by atoms with Crippen LogP contribution in [0.15, 0.2) is 42.7 Å². The lowest BCUT2D eigenvalue weighted by Gasteiger charge is -2.51. The standard InChI is InChI=1S/C29H39N5O2/c1-22-17-31-25(18-30-22)16-26(35)20-33-21-28(34(27(33)36)19-23-8-7-9-23)12-14-29(15-13-28,32(2)3)24-10-5-4-6-11-24/h4-6,10-11,17-18,23H,7-9,12-16,19-21H2,1-3H3. The van der Waals surface area contributed by atoms with E-state index in [9.17, 15) is 9.59 Å². The Kier molecular flexibility index (Phi) is 6.86. The highest BCUT2D eigenvalue weighted by molar-refractivity contribution is 5.88. The number of benzene rings is 1. The number of aryl methyl sites for hydroxylation is 1. The molecule has 1 aliphatic heterocycles. The van der Waals surface area contributed by atoms with Gasteiger partial charge in [-0.3, -0.25) is 19.7 Å². The lowest BCUT2D eigenvalue weighted by atomic mass is 9.68. The highest BCUT2D eigenvalue weighted by Crippen LogP contribution is 2.49. The number of hydrogen-bond acceptors (Lipinski definition) is 5. The number of amides is 2. The number of hydrogen-bond donors (Lipinski definition) is 0. The fourth-order valence-corrected chi connectivity index (χ4v) is 6.49. The molecule has 2 aromatic rings. The Labute approximate surface area is 214 Å². The summed E-state index contributed by atoms with van der Waals surface area (Å²) in [7, 11) is 4.35. The van der Waals surface area contributed by atoms with E-state index < -0.39 is 0 Å². The van der Waals surface area contributed by atoms with Crippen LogP contribution in [0.3, 0.4) is 0 Å². The Bertz CT molecular complexity index is 1070. The summed E-state index contributed by atoms with van der Waals surface area (Å²) in [6, 6.07) is 10.8. The maximum atomic E-state index is 13.7. The van der Waals surface area contributed by atoms with Gasteiger partial charge in [0.05, 0.1) is 29.9 Å². The number of urea groups is 1. The van der Waals surface area contributed by atoms with Gasteiger partial charge in [-0.2, -0.15) is 0 Å². The molecule has 0 unspecified atom stereocenters. The van der Waals surface area contributed by atoms with Crippen LogP contribution in [0.1, 0.15) is 61.9 Å². The first-order chi connectivity index (χ1) is 17.3. The molecular weight excluding hydrogens is 450 g/mol. The van der Waals surface area contributed by atoms with Crippen molar-refractivity contribution in [2.24, 2.45) is 5.92 Å². The van der Waals surface area contributed by atoms with Crippen LogP contribution in [0.2, 0.25) is 0 Å². The van der Waals surface area contributed by atoms with E-state index in [1.165, 1.54) is 24.8 Å². The van der Waals surface area contributed by atoms with Gasteiger partial charge in [0, 0.05) is 31.0 Å². The number of carbonyl (C=O) groups is 2. The van der Waals surface area contributed by atoms with E-state index in [1.54, 1.807) is 12.4 Å². The van der Waals surface area contributed by atoms with Crippen LogP contribution < -0.4 is 0 Å². The molecule has 1 saturated heterocycles. The number of aromatic nitrogens is 2. The zero-order valence-electron chi connectivity index (χ0n) is 21.9. The largest absolute Gasteiger partial charge is 0.321 e. The van der Waals surface area contributed by atoms with Gasteiger partial charge in [0.15, 0.2) is 5.78 Å². The third-order valence-corrected chi connectivity index (χ3v) is 8.98. The van der Waals surface area contributed by atoms with Crippen molar-refractivity contribution in [3.8, 4) is 0 Å². The molecule has 1 aromatic heterocycles. The first-order valence-electron chi connectivity index (χ1n) is 13.4. The maximum absolute atomic E-state index is 13.7. The Morgan fingerprint density at radius 2 is 1.78 bits per heavy atom. The molecule has 2 saturated carbocycles. The summed E-state index contributed by atoms with van der Waals surface area (Å²) >= 11 is 0. The maximum Gasteiger partial charge on any atom is 0.321 e. The van der Waals surface area contributed by atoms with Crippen molar-refractivity contribution in [2.75, 3.05) is 33.7 Å². The van der Waals surface area contributed by atoms with Crippen LogP contribution in [0.4, 0.5) is 4.79 Å². The number of nitrogens with zero attached hydrogens (tertiary/aromatic N) is 5. The topological polar surface area (TPSA) is 69.6 Å². The third-order valence-electron chi connectivity index (χ3n) is 8.98. The summed E-state index contributed by atoms with van der Waals surface area (Å²) in [4.78, 5) is 41.6. The van der Waals surface area contributed by atoms with Crippen molar-refractivity contribution in [3.63, 3.8) is 0 Å². The van der Waals surface area contributed by atoms with Gasteiger partial charge >= 0.3 is 6.03 Å². The molecule has 0 atom stereocenters. The average Bonchev–Trinajstić information content (AvgIpc) is 3.08. The molecule has 2 aliphatic carbocycles. The van der Waals surface area contributed by atoms with Gasteiger partial charge in [0.1, 0.15) is 0 Å². The fourth-order valence-electron chi connectivity index (χ4n) is 6.49. The molecule has 192 valence electrons. The van der Waals surface area contributed by atoms with Gasteiger partial charge in [-0.25, -0.2) is 4.79 Å². The summed E-state index contributed by atoms with van der Waals surface area (Å²) in [5.41, 5.74) is 2.63. The summed E-state index contributed by atoms with van der Waals surface area (Å²) in [5.74, 6) is 0.615. The van der Waals surface area contributed by atoms with Gasteiger partial charge in [0.2, 0.25) is 0 Å². The summed E-state index contributed by atoms with van der Waals surface area (Å²) < 4.78 is 0. The van der Waals surface area contributed by atoms with Gasteiger partial charge < -0.3 is 9.80 Å². The summed E-state index contributed by atoms with van der Waals surface area (Å²) in [5, 5.41) is 0. The molecule has 36 heavy (non-hydrogen) atoms. The highest BCUT2D eigenvalue weighted by atomic mass is 16.2. The zero-order chi connectivity index (χ0) is 25.3. The molecule has 2 heterocycles. The van der Waals surface area contributed by atoms with Gasteiger partial charge in [0.25, 0.3) is 0 Å². The molecule has 2 amide bonds. The fraction of sp³-hybridized carbons (Fsp3) is 0.586. The van der Waals surface area contributed by atoms with E-state index in [2.05, 4.69) is 64.2 Å². The van der Waals surface area contributed by atoms with Crippen LogP contribution in [-0.2, 0) is 16.8 Å². The summed E-state index contributed by atoms with van der Waals surface area (Å²) in [6.07, 6.45) is 11.1. The Hall–Kier alpha value is -2.80. The molecule has 0 bridgehead atoms. The minimum Gasteiger partial charge on any atom is -0.317 e. The van der Waals surface area contributed by atoms with Crippen molar-refractivity contribution >= 4 is 11.8 Å². The van der Waals surface area contributed by atoms with E-state index in [0.717, 1.165) is 37.9 Å². The van der Waals surface area contributed by atoms with Crippen molar-refractivity contribution in [1.82, 2.24) is 24.7 Å². The van der Waals surface area contributed by atoms with Crippen LogP contribution in [0, 0.1) is 12.8 Å². The second-order valence-corrected chi connectivity index (χ2v) is 11.4. The lowest BCUT2D eigenvalue weighted by Crippen LogP contribution is -2.56. The minimum atomic E-state index is -0.190. The quantitative estimate of drug-likeness (QED) is 0.556. The van der Waals surface area contributed by atoms with E-state index in [0.29, 0.717) is 18.2 Å². The number of ketones is 1. The van der Waals surface area contributed by atoms with Crippen molar-refractivity contribution in [3.05, 3.63) is 59.7 Å². The second-order valence-electron chi connectivity index (χ2n) is 11.4. The Balaban J connectivity index is 1.33. The third kappa shape index (κ3) is 4.65. The molecule has 7 nitrogen and oxygen atoms in total. The number of rotatable bonds is 8. The molecule has 3 fully saturated rings. The van der Waals surface area contributed by atoms with Crippen LogP contribution >= 0.6 is 0 Å². The highest BCUT2D eigenvalue weighted by Gasteiger charge is 2.55. The van der Waals surface area contributed by atoms with Crippen molar-refractivity contribution in [2.45, 2.75) is 69.4 Å². The Morgan fingerprint density at radius 3 is 2.36 bits per heavy atom. The predicted molar refractivity (Wildman–Crippen MR) is 140 cm³/mol. The second kappa shape index (κ2) is 9.92. The normalized spacial score (nSPS) is 26.6. The molecule has 1 aromatic carbocycles. The van der Waals surface area contributed by atoms with E-state index in [-0.39, 0.29) is 35.9 Å².